The largest absolute Gasteiger partial charge is 0.494 e. The number of halogens is 1. The number of benzene rings is 1. The molecule has 0 spiro atoms. The average molecular weight is 348 g/mol. The van der Waals surface area contributed by atoms with Crippen molar-refractivity contribution < 1.29 is 23.2 Å². The number of ether oxygens (including phenoxy) is 2. The van der Waals surface area contributed by atoms with Crippen LogP contribution in [0.4, 0.5) is 4.39 Å². The first-order valence-corrected chi connectivity index (χ1v) is 9.16. The Morgan fingerprint density at radius 3 is 2.32 bits per heavy atom. The van der Waals surface area contributed by atoms with Crippen molar-refractivity contribution in [3.05, 3.63) is 24.0 Å². The van der Waals surface area contributed by atoms with Crippen LogP contribution in [0.3, 0.4) is 0 Å². The lowest BCUT2D eigenvalue weighted by molar-refractivity contribution is -0.0206. The van der Waals surface area contributed by atoms with Crippen LogP contribution in [0.2, 0.25) is 0 Å². The van der Waals surface area contributed by atoms with Crippen LogP contribution in [-0.4, -0.2) is 36.6 Å². The molecule has 0 saturated carbocycles. The van der Waals surface area contributed by atoms with Crippen molar-refractivity contribution in [1.82, 2.24) is 0 Å². The highest BCUT2D eigenvalue weighted by Gasteiger charge is 2.52. The molecule has 1 aromatic rings. The molecule has 0 aliphatic carbocycles. The Balaban J connectivity index is 1.50. The van der Waals surface area contributed by atoms with Gasteiger partial charge in [0, 0.05) is 0 Å². The van der Waals surface area contributed by atoms with Crippen LogP contribution in [0.15, 0.2) is 18.2 Å². The molecule has 0 amide bonds. The lowest BCUT2D eigenvalue weighted by Crippen LogP contribution is -2.41. The summed E-state index contributed by atoms with van der Waals surface area (Å²) in [5, 5.41) is 0. The number of hydrogen-bond acceptors (Lipinski definition) is 4. The van der Waals surface area contributed by atoms with Gasteiger partial charge < -0.3 is 18.8 Å². The molecule has 3 heterocycles. The highest BCUT2D eigenvalue weighted by molar-refractivity contribution is 6.62. The average Bonchev–Trinajstić information content (AvgIpc) is 3.19. The van der Waals surface area contributed by atoms with E-state index in [1.807, 2.05) is 27.7 Å². The smallest absolute Gasteiger partial charge is 0.488 e. The van der Waals surface area contributed by atoms with E-state index < -0.39 is 18.3 Å². The van der Waals surface area contributed by atoms with Crippen molar-refractivity contribution in [3.63, 3.8) is 0 Å². The van der Waals surface area contributed by atoms with Gasteiger partial charge in [0.05, 0.1) is 17.3 Å². The van der Waals surface area contributed by atoms with Gasteiger partial charge in [-0.1, -0.05) is 6.07 Å². The Morgan fingerprint density at radius 1 is 1.12 bits per heavy atom. The topological polar surface area (TPSA) is 36.9 Å². The fourth-order valence-electron chi connectivity index (χ4n) is 3.85. The van der Waals surface area contributed by atoms with E-state index in [0.29, 0.717) is 12.7 Å². The lowest BCUT2D eigenvalue weighted by Gasteiger charge is -2.32. The zero-order chi connectivity index (χ0) is 17.9. The molecule has 0 atom stereocenters. The van der Waals surface area contributed by atoms with Crippen molar-refractivity contribution in [3.8, 4) is 5.75 Å². The van der Waals surface area contributed by atoms with Crippen LogP contribution < -0.4 is 10.2 Å². The monoisotopic (exact) mass is 348 g/mol. The highest BCUT2D eigenvalue weighted by Crippen LogP contribution is 2.44. The summed E-state index contributed by atoms with van der Waals surface area (Å²) in [6.45, 7) is 8.40. The standard InChI is InChI=1S/C19H26BFO4/c1-17(2)18(3,4)25-20(24-17)13-5-6-15(21)16(11-13)22-12-19-9-7-14(23-19)8-10-19/h5-6,11,14H,7-10,12H2,1-4H3. The molecule has 4 nitrogen and oxygen atoms in total. The minimum Gasteiger partial charge on any atom is -0.488 e. The molecular weight excluding hydrogens is 322 g/mol. The van der Waals surface area contributed by atoms with Gasteiger partial charge in [0.25, 0.3) is 0 Å². The first-order valence-electron chi connectivity index (χ1n) is 9.16. The van der Waals surface area contributed by atoms with Gasteiger partial charge in [-0.05, 0) is 71.0 Å². The van der Waals surface area contributed by atoms with Gasteiger partial charge in [-0.25, -0.2) is 4.39 Å². The Labute approximate surface area is 149 Å². The Hall–Kier alpha value is -1.11. The molecule has 3 fully saturated rings. The molecule has 25 heavy (non-hydrogen) atoms. The molecular formula is C19H26BFO4. The summed E-state index contributed by atoms with van der Waals surface area (Å²) in [4.78, 5) is 0. The molecule has 0 aromatic heterocycles. The van der Waals surface area contributed by atoms with Gasteiger partial charge in [-0.3, -0.25) is 0 Å². The van der Waals surface area contributed by atoms with Gasteiger partial charge in [-0.2, -0.15) is 0 Å². The lowest BCUT2D eigenvalue weighted by atomic mass is 9.79. The fraction of sp³-hybridized carbons (Fsp3) is 0.684. The number of hydrogen-bond donors (Lipinski definition) is 0. The summed E-state index contributed by atoms with van der Waals surface area (Å²) in [7, 11) is -0.523. The van der Waals surface area contributed by atoms with Crippen LogP contribution in [-0.2, 0) is 14.0 Å². The highest BCUT2D eigenvalue weighted by atomic mass is 19.1. The minimum absolute atomic E-state index is 0.225. The molecule has 4 rings (SSSR count). The van der Waals surface area contributed by atoms with E-state index in [2.05, 4.69) is 0 Å². The zero-order valence-electron chi connectivity index (χ0n) is 15.4. The first-order chi connectivity index (χ1) is 11.7. The zero-order valence-corrected chi connectivity index (χ0v) is 15.4. The quantitative estimate of drug-likeness (QED) is 0.783. The summed E-state index contributed by atoms with van der Waals surface area (Å²) < 4.78 is 38.2. The van der Waals surface area contributed by atoms with Crippen molar-refractivity contribution in [2.24, 2.45) is 0 Å². The van der Waals surface area contributed by atoms with Crippen LogP contribution >= 0.6 is 0 Å². The molecule has 3 saturated heterocycles. The van der Waals surface area contributed by atoms with E-state index in [1.54, 1.807) is 12.1 Å². The Kier molecular flexibility index (Phi) is 3.95. The van der Waals surface area contributed by atoms with Crippen LogP contribution in [0.25, 0.3) is 0 Å². The van der Waals surface area contributed by atoms with E-state index in [4.69, 9.17) is 18.8 Å². The third-order valence-electron chi connectivity index (χ3n) is 6.23. The predicted octanol–water partition coefficient (Wildman–Crippen LogP) is 3.22. The molecule has 3 aliphatic heterocycles. The van der Waals surface area contributed by atoms with Gasteiger partial charge in [-0.15, -0.1) is 0 Å². The molecule has 6 heteroatoms. The summed E-state index contributed by atoms with van der Waals surface area (Å²) in [6.07, 6.45) is 4.52. The van der Waals surface area contributed by atoms with Gasteiger partial charge in [0.2, 0.25) is 0 Å². The van der Waals surface area contributed by atoms with E-state index >= 15 is 0 Å². The van der Waals surface area contributed by atoms with E-state index in [1.165, 1.54) is 6.07 Å². The normalized spacial score (nSPS) is 32.4. The predicted molar refractivity (Wildman–Crippen MR) is 93.7 cm³/mol. The summed E-state index contributed by atoms with van der Waals surface area (Å²) in [6, 6.07) is 4.80. The molecule has 2 bridgehead atoms. The van der Waals surface area contributed by atoms with Crippen LogP contribution in [0.5, 0.6) is 5.75 Å². The van der Waals surface area contributed by atoms with Crippen LogP contribution in [0.1, 0.15) is 53.4 Å². The number of rotatable bonds is 4. The van der Waals surface area contributed by atoms with E-state index in [-0.39, 0.29) is 17.2 Å². The molecule has 0 unspecified atom stereocenters. The molecule has 0 N–H and O–H groups in total. The Morgan fingerprint density at radius 2 is 1.76 bits per heavy atom. The first kappa shape index (κ1) is 17.3. The van der Waals surface area contributed by atoms with Crippen LogP contribution in [0, 0.1) is 5.82 Å². The maximum Gasteiger partial charge on any atom is 0.494 e. The molecule has 1 aromatic carbocycles. The summed E-state index contributed by atoms with van der Waals surface area (Å²) >= 11 is 0. The van der Waals surface area contributed by atoms with Gasteiger partial charge >= 0.3 is 7.12 Å². The van der Waals surface area contributed by atoms with Crippen molar-refractivity contribution in [2.45, 2.75) is 76.3 Å². The fourth-order valence-corrected chi connectivity index (χ4v) is 3.85. The van der Waals surface area contributed by atoms with Crippen molar-refractivity contribution >= 4 is 12.6 Å². The Bertz CT molecular complexity index is 651. The third kappa shape index (κ3) is 2.98. The minimum atomic E-state index is -0.523. The van der Waals surface area contributed by atoms with Gasteiger partial charge in [0.1, 0.15) is 12.2 Å². The van der Waals surface area contributed by atoms with Gasteiger partial charge in [0.15, 0.2) is 11.6 Å². The molecule has 136 valence electrons. The second kappa shape index (κ2) is 5.70. The maximum absolute atomic E-state index is 14.2. The molecule has 3 aliphatic rings. The SMILES string of the molecule is CC1(C)OB(c2ccc(F)c(OCC34CCC(CC3)O4)c2)OC1(C)C. The second-order valence-electron chi connectivity index (χ2n) is 8.57. The van der Waals surface area contributed by atoms with Crippen molar-refractivity contribution in [1.29, 1.82) is 0 Å². The van der Waals surface area contributed by atoms with E-state index in [0.717, 1.165) is 31.1 Å². The summed E-state index contributed by atoms with van der Waals surface area (Å²) in [5.41, 5.74) is -0.313. The van der Waals surface area contributed by atoms with E-state index in [9.17, 15) is 4.39 Å². The maximum atomic E-state index is 14.2. The number of fused-ring (bicyclic) bond motifs is 2. The third-order valence-corrected chi connectivity index (χ3v) is 6.23. The molecule has 0 radical (unpaired) electrons. The summed E-state index contributed by atoms with van der Waals surface area (Å²) in [5.74, 6) is -0.134. The second-order valence-corrected chi connectivity index (χ2v) is 8.57. The van der Waals surface area contributed by atoms with Crippen molar-refractivity contribution in [2.75, 3.05) is 6.61 Å².